The van der Waals surface area contributed by atoms with E-state index in [1.54, 1.807) is 38.5 Å². The fourth-order valence-corrected chi connectivity index (χ4v) is 4.16. The number of piperazine rings is 1. The number of methoxy groups -OCH3 is 2. The second-order valence-electron chi connectivity index (χ2n) is 9.19. The predicted molar refractivity (Wildman–Crippen MR) is 152 cm³/mol. The summed E-state index contributed by atoms with van der Waals surface area (Å²) in [5.74, 6) is 1.44. The topological polar surface area (TPSA) is 83.1 Å². The summed E-state index contributed by atoms with van der Waals surface area (Å²) in [7, 11) is 3.27. The van der Waals surface area contributed by atoms with Gasteiger partial charge in [-0.1, -0.05) is 24.3 Å². The molecule has 2 amide bonds. The molecule has 38 heavy (non-hydrogen) atoms. The van der Waals surface area contributed by atoms with Gasteiger partial charge in [0.05, 0.1) is 14.2 Å². The number of carbonyl (C=O) groups excluding carboxylic acids is 2. The molecule has 1 saturated heterocycles. The van der Waals surface area contributed by atoms with Crippen LogP contribution in [0.2, 0.25) is 0 Å². The van der Waals surface area contributed by atoms with E-state index in [4.69, 9.17) is 9.47 Å². The van der Waals surface area contributed by atoms with Crippen molar-refractivity contribution in [3.8, 4) is 11.5 Å². The van der Waals surface area contributed by atoms with Gasteiger partial charge in [0, 0.05) is 51.4 Å². The van der Waals surface area contributed by atoms with Crippen LogP contribution in [-0.4, -0.2) is 88.2 Å². The molecule has 0 spiro atoms. The molecule has 0 aliphatic carbocycles. The van der Waals surface area contributed by atoms with Crippen LogP contribution in [0, 0.1) is 0 Å². The summed E-state index contributed by atoms with van der Waals surface area (Å²) in [6.45, 7) is 7.41. The first kappa shape index (κ1) is 28.9. The van der Waals surface area contributed by atoms with Gasteiger partial charge in [-0.2, -0.15) is 0 Å². The van der Waals surface area contributed by atoms with Crippen molar-refractivity contribution in [3.05, 3.63) is 71.8 Å². The van der Waals surface area contributed by atoms with Crippen LogP contribution in [-0.2, 0) is 9.59 Å². The van der Waals surface area contributed by atoms with Gasteiger partial charge in [-0.3, -0.25) is 9.59 Å². The molecule has 1 aliphatic heterocycles. The Balaban J connectivity index is 1.20. The molecule has 2 aromatic rings. The normalized spacial score (nSPS) is 14.6. The van der Waals surface area contributed by atoms with Crippen LogP contribution >= 0.6 is 0 Å². The van der Waals surface area contributed by atoms with Crippen molar-refractivity contribution in [1.29, 1.82) is 0 Å². The molecule has 8 nitrogen and oxygen atoms in total. The van der Waals surface area contributed by atoms with Gasteiger partial charge in [0.1, 0.15) is 11.5 Å². The zero-order valence-electron chi connectivity index (χ0n) is 22.5. The van der Waals surface area contributed by atoms with E-state index in [0.29, 0.717) is 13.1 Å². The van der Waals surface area contributed by atoms with E-state index in [9.17, 15) is 9.59 Å². The molecule has 0 bridgehead atoms. The fraction of sp³-hybridized carbons (Fsp3) is 0.400. The first-order valence-electron chi connectivity index (χ1n) is 13.2. The van der Waals surface area contributed by atoms with Crippen molar-refractivity contribution in [3.63, 3.8) is 0 Å². The lowest BCUT2D eigenvalue weighted by Crippen LogP contribution is -2.47. The van der Waals surface area contributed by atoms with Gasteiger partial charge in [-0.25, -0.2) is 0 Å². The van der Waals surface area contributed by atoms with Crippen LogP contribution < -0.4 is 20.1 Å². The van der Waals surface area contributed by atoms with Gasteiger partial charge in [-0.05, 0) is 73.5 Å². The van der Waals surface area contributed by atoms with Gasteiger partial charge in [-0.15, -0.1) is 0 Å². The van der Waals surface area contributed by atoms with Crippen molar-refractivity contribution in [2.45, 2.75) is 12.8 Å². The smallest absolute Gasteiger partial charge is 0.243 e. The van der Waals surface area contributed by atoms with Crippen LogP contribution in [0.5, 0.6) is 11.5 Å². The Bertz CT molecular complexity index is 957. The molecular formula is C30H40N4O4. The molecule has 1 heterocycles. The number of hydrogen-bond acceptors (Lipinski definition) is 6. The van der Waals surface area contributed by atoms with E-state index >= 15 is 0 Å². The molecule has 2 aromatic carbocycles. The van der Waals surface area contributed by atoms with E-state index in [1.807, 2.05) is 48.5 Å². The minimum absolute atomic E-state index is 0.0750. The summed E-state index contributed by atoms with van der Waals surface area (Å²) in [5, 5.41) is 5.92. The molecule has 3 rings (SSSR count). The van der Waals surface area contributed by atoms with Crippen LogP contribution in [0.4, 0.5) is 0 Å². The number of carbonyl (C=O) groups is 2. The second-order valence-corrected chi connectivity index (χ2v) is 9.19. The Labute approximate surface area is 226 Å². The number of hydrogen-bond donors (Lipinski definition) is 2. The Morgan fingerprint density at radius 1 is 0.684 bits per heavy atom. The maximum Gasteiger partial charge on any atom is 0.243 e. The number of ether oxygens (including phenoxy) is 2. The highest BCUT2D eigenvalue weighted by atomic mass is 16.5. The Morgan fingerprint density at radius 2 is 1.05 bits per heavy atom. The molecule has 0 unspecified atom stereocenters. The third-order valence-corrected chi connectivity index (χ3v) is 6.45. The second kappa shape index (κ2) is 16.3. The van der Waals surface area contributed by atoms with Crippen molar-refractivity contribution in [1.82, 2.24) is 20.4 Å². The summed E-state index contributed by atoms with van der Waals surface area (Å²) in [5.41, 5.74) is 1.92. The molecule has 0 radical (unpaired) electrons. The van der Waals surface area contributed by atoms with E-state index in [0.717, 1.165) is 74.7 Å². The van der Waals surface area contributed by atoms with Gasteiger partial charge >= 0.3 is 0 Å². The van der Waals surface area contributed by atoms with E-state index in [2.05, 4.69) is 20.4 Å². The summed E-state index contributed by atoms with van der Waals surface area (Å²) in [4.78, 5) is 29.0. The highest BCUT2D eigenvalue weighted by molar-refractivity contribution is 5.92. The van der Waals surface area contributed by atoms with Crippen molar-refractivity contribution in [2.24, 2.45) is 0 Å². The minimum atomic E-state index is -0.0750. The van der Waals surface area contributed by atoms with E-state index in [1.165, 1.54) is 0 Å². The average molecular weight is 521 g/mol. The lowest BCUT2D eigenvalue weighted by atomic mass is 10.2. The maximum atomic E-state index is 12.0. The zero-order valence-corrected chi connectivity index (χ0v) is 22.5. The Kier molecular flexibility index (Phi) is 12.4. The molecular weight excluding hydrogens is 480 g/mol. The lowest BCUT2D eigenvalue weighted by molar-refractivity contribution is -0.117. The molecule has 0 aromatic heterocycles. The largest absolute Gasteiger partial charge is 0.497 e. The van der Waals surface area contributed by atoms with Gasteiger partial charge in [0.25, 0.3) is 0 Å². The number of nitrogens with zero attached hydrogens (tertiary/aromatic N) is 2. The SMILES string of the molecule is COc1ccc(/C=C/C(=O)NCCCN2CCN(CCCNC(=O)/C=C/c3ccc(OC)cc3)CC2)cc1. The molecule has 1 aliphatic rings. The average Bonchev–Trinajstić information content (AvgIpc) is 2.96. The predicted octanol–water partition coefficient (Wildman–Crippen LogP) is 3.06. The van der Waals surface area contributed by atoms with Gasteiger partial charge in [0.15, 0.2) is 0 Å². The number of rotatable bonds is 14. The number of nitrogens with one attached hydrogen (secondary N) is 2. The third kappa shape index (κ3) is 10.8. The Morgan fingerprint density at radius 3 is 1.39 bits per heavy atom. The summed E-state index contributed by atoms with van der Waals surface area (Å²) in [6.07, 6.45) is 8.61. The maximum absolute atomic E-state index is 12.0. The van der Waals surface area contributed by atoms with Gasteiger partial charge in [0.2, 0.25) is 11.8 Å². The fourth-order valence-electron chi connectivity index (χ4n) is 4.16. The van der Waals surface area contributed by atoms with Gasteiger partial charge < -0.3 is 29.9 Å². The van der Waals surface area contributed by atoms with Crippen molar-refractivity contribution < 1.29 is 19.1 Å². The van der Waals surface area contributed by atoms with Crippen LogP contribution in [0.3, 0.4) is 0 Å². The lowest BCUT2D eigenvalue weighted by Gasteiger charge is -2.34. The summed E-state index contributed by atoms with van der Waals surface area (Å²) >= 11 is 0. The molecule has 0 saturated carbocycles. The first-order valence-corrected chi connectivity index (χ1v) is 13.2. The molecule has 8 heteroatoms. The Hall–Kier alpha value is -3.62. The van der Waals surface area contributed by atoms with Crippen molar-refractivity contribution >= 4 is 24.0 Å². The molecule has 2 N–H and O–H groups in total. The molecule has 204 valence electrons. The molecule has 0 atom stereocenters. The van der Waals surface area contributed by atoms with E-state index in [-0.39, 0.29) is 11.8 Å². The van der Waals surface area contributed by atoms with E-state index < -0.39 is 0 Å². The minimum Gasteiger partial charge on any atom is -0.497 e. The highest BCUT2D eigenvalue weighted by Crippen LogP contribution is 2.13. The standard InChI is InChI=1S/C30H40N4O4/c1-37-27-11-5-25(6-12-27)9-15-29(35)31-17-3-19-33-21-23-34(24-22-33)20-4-18-32-30(36)16-10-26-7-13-28(38-2)14-8-26/h5-16H,3-4,17-24H2,1-2H3,(H,31,35)(H,32,36)/b15-9+,16-10+. The van der Waals surface area contributed by atoms with Crippen molar-refractivity contribution in [2.75, 3.05) is 66.6 Å². The quantitative estimate of drug-likeness (QED) is 0.294. The first-order chi connectivity index (χ1) is 18.6. The highest BCUT2D eigenvalue weighted by Gasteiger charge is 2.15. The monoisotopic (exact) mass is 520 g/mol. The number of benzene rings is 2. The van der Waals surface area contributed by atoms with Crippen LogP contribution in [0.15, 0.2) is 60.7 Å². The van der Waals surface area contributed by atoms with Crippen LogP contribution in [0.1, 0.15) is 24.0 Å². The number of amides is 2. The summed E-state index contributed by atoms with van der Waals surface area (Å²) in [6, 6.07) is 15.2. The van der Waals surface area contributed by atoms with Crippen LogP contribution in [0.25, 0.3) is 12.2 Å². The zero-order chi connectivity index (χ0) is 27.0. The summed E-state index contributed by atoms with van der Waals surface area (Å²) < 4.78 is 10.3. The molecule has 1 fully saturated rings. The third-order valence-electron chi connectivity index (χ3n) is 6.45.